The third-order valence-corrected chi connectivity index (χ3v) is 7.46. The van der Waals surface area contributed by atoms with Crippen LogP contribution in [0.4, 0.5) is 0 Å². The van der Waals surface area contributed by atoms with Crippen LogP contribution in [0.15, 0.2) is 0 Å². The Kier molecular flexibility index (Phi) is 4.27. The molecule has 2 rings (SSSR count). The van der Waals surface area contributed by atoms with Gasteiger partial charge in [-0.05, 0) is 55.6 Å². The van der Waals surface area contributed by atoms with Crippen LogP contribution in [0.2, 0.25) is 0 Å². The van der Waals surface area contributed by atoms with Crippen LogP contribution >= 0.6 is 0 Å². The largest absolute Gasteiger partial charge is 0.396 e. The zero-order chi connectivity index (χ0) is 15.2. The average Bonchev–Trinajstić information content (AvgIpc) is 2.74. The number of fused-ring (bicyclic) bond motifs is 2. The second-order valence-electron chi connectivity index (χ2n) is 7.71. The van der Waals surface area contributed by atoms with E-state index in [2.05, 4.69) is 39.5 Å². The minimum absolute atomic E-state index is 0.0758. The minimum Gasteiger partial charge on any atom is -0.396 e. The monoisotopic (exact) mass is 282 g/mol. The first-order chi connectivity index (χ1) is 9.35. The molecular weight excluding hydrogens is 248 g/mol. The molecular formula is C17H34N2O. The summed E-state index contributed by atoms with van der Waals surface area (Å²) in [6, 6.07) is 0. The van der Waals surface area contributed by atoms with Gasteiger partial charge in [-0.1, -0.05) is 34.6 Å². The van der Waals surface area contributed by atoms with Gasteiger partial charge in [0.25, 0.3) is 0 Å². The Morgan fingerprint density at radius 2 is 1.85 bits per heavy atom. The molecule has 0 amide bonds. The lowest BCUT2D eigenvalue weighted by atomic mass is 9.57. The van der Waals surface area contributed by atoms with Crippen LogP contribution in [0.1, 0.15) is 53.9 Å². The molecule has 20 heavy (non-hydrogen) atoms. The van der Waals surface area contributed by atoms with Gasteiger partial charge in [0, 0.05) is 18.1 Å². The third kappa shape index (κ3) is 1.69. The van der Waals surface area contributed by atoms with Crippen LogP contribution in [0.5, 0.6) is 0 Å². The Hall–Kier alpha value is -0.120. The number of hydrogen-bond donors (Lipinski definition) is 2. The molecule has 2 fully saturated rings. The lowest BCUT2D eigenvalue weighted by Crippen LogP contribution is -2.65. The first-order valence-corrected chi connectivity index (χ1v) is 8.41. The number of aliphatic hydroxyl groups excluding tert-OH is 1. The lowest BCUT2D eigenvalue weighted by molar-refractivity contribution is -0.0909. The molecule has 0 aliphatic heterocycles. The third-order valence-electron chi connectivity index (χ3n) is 7.46. The van der Waals surface area contributed by atoms with Crippen LogP contribution < -0.4 is 5.73 Å². The van der Waals surface area contributed by atoms with Gasteiger partial charge in [-0.2, -0.15) is 0 Å². The van der Waals surface area contributed by atoms with Gasteiger partial charge in [-0.15, -0.1) is 0 Å². The highest BCUT2D eigenvalue weighted by molar-refractivity contribution is 5.23. The van der Waals surface area contributed by atoms with Gasteiger partial charge in [-0.25, -0.2) is 0 Å². The van der Waals surface area contributed by atoms with Crippen molar-refractivity contribution in [2.75, 3.05) is 26.2 Å². The molecule has 4 atom stereocenters. The summed E-state index contributed by atoms with van der Waals surface area (Å²) in [5.74, 6) is 0.964. The molecule has 3 N–H and O–H groups in total. The number of aliphatic hydroxyl groups is 1. The first kappa shape index (κ1) is 16.3. The number of rotatable bonds is 6. The van der Waals surface area contributed by atoms with E-state index in [-0.39, 0.29) is 23.5 Å². The van der Waals surface area contributed by atoms with Gasteiger partial charge in [0.05, 0.1) is 0 Å². The molecule has 0 aromatic carbocycles. The van der Waals surface area contributed by atoms with E-state index < -0.39 is 0 Å². The zero-order valence-electron chi connectivity index (χ0n) is 14.1. The van der Waals surface area contributed by atoms with Crippen molar-refractivity contribution in [1.29, 1.82) is 0 Å². The summed E-state index contributed by atoms with van der Waals surface area (Å²) in [5.41, 5.74) is 6.76. The topological polar surface area (TPSA) is 49.5 Å². The normalized spacial score (nSPS) is 40.5. The molecule has 0 unspecified atom stereocenters. The first-order valence-electron chi connectivity index (χ1n) is 8.41. The molecule has 0 aromatic rings. The highest BCUT2D eigenvalue weighted by Gasteiger charge is 2.71. The van der Waals surface area contributed by atoms with E-state index in [1.165, 1.54) is 19.3 Å². The fraction of sp³-hybridized carbons (Fsp3) is 1.00. The fourth-order valence-corrected chi connectivity index (χ4v) is 5.89. The van der Waals surface area contributed by atoms with Gasteiger partial charge >= 0.3 is 0 Å². The van der Waals surface area contributed by atoms with Crippen LogP contribution in [-0.2, 0) is 0 Å². The van der Waals surface area contributed by atoms with Gasteiger partial charge in [0.1, 0.15) is 0 Å². The molecule has 118 valence electrons. The quantitative estimate of drug-likeness (QED) is 0.787. The summed E-state index contributed by atoms with van der Waals surface area (Å²) in [4.78, 5) is 2.61. The number of hydrogen-bond acceptors (Lipinski definition) is 3. The molecule has 2 bridgehead atoms. The van der Waals surface area contributed by atoms with Gasteiger partial charge < -0.3 is 10.8 Å². The van der Waals surface area contributed by atoms with E-state index in [0.717, 1.165) is 19.0 Å². The predicted molar refractivity (Wildman–Crippen MR) is 84.5 cm³/mol. The summed E-state index contributed by atoms with van der Waals surface area (Å²) >= 11 is 0. The molecule has 2 aliphatic carbocycles. The zero-order valence-corrected chi connectivity index (χ0v) is 14.1. The molecule has 0 heterocycles. The lowest BCUT2D eigenvalue weighted by Gasteiger charge is -2.58. The molecule has 2 aliphatic rings. The Balaban J connectivity index is 2.55. The molecule has 2 saturated carbocycles. The van der Waals surface area contributed by atoms with Gasteiger partial charge in [-0.3, -0.25) is 4.90 Å². The Bertz CT molecular complexity index is 335. The van der Waals surface area contributed by atoms with Crippen molar-refractivity contribution in [1.82, 2.24) is 4.90 Å². The Labute approximate surface area is 124 Å². The van der Waals surface area contributed by atoms with Crippen molar-refractivity contribution >= 4 is 0 Å². The van der Waals surface area contributed by atoms with E-state index in [0.29, 0.717) is 12.0 Å². The predicted octanol–water partition coefficient (Wildman–Crippen LogP) is 2.48. The number of nitrogens with zero attached hydrogens (tertiary/aromatic N) is 1. The summed E-state index contributed by atoms with van der Waals surface area (Å²) in [6.45, 7) is 14.8. The standard InChI is InChI=1S/C17H34N2O/c1-6-19(7-2)17(14(11-18)12-20)10-13-8-9-16(17,5)15(13,3)4/h13-14,20H,6-12,18H2,1-5H3/t13-,14-,16-,17-/m0/s1. The summed E-state index contributed by atoms with van der Waals surface area (Å²) in [5, 5.41) is 10.00. The maximum atomic E-state index is 10.00. The second-order valence-corrected chi connectivity index (χ2v) is 7.71. The van der Waals surface area contributed by atoms with Crippen LogP contribution in [0, 0.1) is 22.7 Å². The minimum atomic E-state index is 0.0758. The smallest absolute Gasteiger partial charge is 0.0489 e. The SMILES string of the molecule is CCN(CC)[C@]1([C@@H](CN)CO)C[C@@H]2CC[C@@]1(C)C2(C)C. The van der Waals surface area contributed by atoms with Crippen LogP contribution in [0.3, 0.4) is 0 Å². The maximum absolute atomic E-state index is 10.00. The van der Waals surface area contributed by atoms with Crippen LogP contribution in [-0.4, -0.2) is 41.8 Å². The summed E-state index contributed by atoms with van der Waals surface area (Å²) in [7, 11) is 0. The Morgan fingerprint density at radius 3 is 2.15 bits per heavy atom. The maximum Gasteiger partial charge on any atom is 0.0489 e. The molecule has 3 heteroatoms. The van der Waals surface area contributed by atoms with Crippen molar-refractivity contribution in [3.63, 3.8) is 0 Å². The molecule has 0 spiro atoms. The van der Waals surface area contributed by atoms with Crippen molar-refractivity contribution < 1.29 is 5.11 Å². The summed E-state index contributed by atoms with van der Waals surface area (Å²) < 4.78 is 0. The van der Waals surface area contributed by atoms with Crippen molar-refractivity contribution in [3.8, 4) is 0 Å². The van der Waals surface area contributed by atoms with Crippen molar-refractivity contribution in [2.45, 2.75) is 59.4 Å². The highest BCUT2D eigenvalue weighted by atomic mass is 16.3. The van der Waals surface area contributed by atoms with E-state index in [1.54, 1.807) is 0 Å². The molecule has 0 radical (unpaired) electrons. The summed E-state index contributed by atoms with van der Waals surface area (Å²) in [6.07, 6.45) is 3.83. The fourth-order valence-electron chi connectivity index (χ4n) is 5.89. The highest BCUT2D eigenvalue weighted by Crippen LogP contribution is 2.72. The van der Waals surface area contributed by atoms with Crippen molar-refractivity contribution in [3.05, 3.63) is 0 Å². The average molecular weight is 282 g/mol. The molecule has 3 nitrogen and oxygen atoms in total. The van der Waals surface area contributed by atoms with E-state index in [9.17, 15) is 5.11 Å². The van der Waals surface area contributed by atoms with E-state index in [4.69, 9.17) is 5.73 Å². The van der Waals surface area contributed by atoms with Crippen molar-refractivity contribution in [2.24, 2.45) is 28.4 Å². The Morgan fingerprint density at radius 1 is 1.25 bits per heavy atom. The van der Waals surface area contributed by atoms with E-state index in [1.807, 2.05) is 0 Å². The molecule has 0 saturated heterocycles. The van der Waals surface area contributed by atoms with Gasteiger partial charge in [0.2, 0.25) is 0 Å². The van der Waals surface area contributed by atoms with E-state index >= 15 is 0 Å². The molecule has 0 aromatic heterocycles. The second kappa shape index (κ2) is 5.26. The van der Waals surface area contributed by atoms with Crippen LogP contribution in [0.25, 0.3) is 0 Å². The number of nitrogens with two attached hydrogens (primary N) is 1. The van der Waals surface area contributed by atoms with Gasteiger partial charge in [0.15, 0.2) is 0 Å².